The van der Waals surface area contributed by atoms with Crippen molar-refractivity contribution in [1.29, 1.82) is 0 Å². The van der Waals surface area contributed by atoms with E-state index in [2.05, 4.69) is 17.9 Å². The van der Waals surface area contributed by atoms with Crippen molar-refractivity contribution in [3.05, 3.63) is 29.0 Å². The maximum atomic E-state index is 13.3. The van der Waals surface area contributed by atoms with E-state index in [1.54, 1.807) is 13.0 Å². The number of carbonyl (C=O) groups is 1. The molecule has 1 aromatic carbocycles. The summed E-state index contributed by atoms with van der Waals surface area (Å²) in [4.78, 5) is 11.2. The number of carbonyl (C=O) groups excluding carboxylic acids is 1. The second kappa shape index (κ2) is 4.66. The summed E-state index contributed by atoms with van der Waals surface area (Å²) >= 11 is 9.45. The lowest BCUT2D eigenvalue weighted by Crippen LogP contribution is -2.21. The molecule has 0 saturated carbocycles. The maximum absolute atomic E-state index is 13.3. The van der Waals surface area contributed by atoms with Crippen LogP contribution in [0.3, 0.4) is 0 Å². The average Bonchev–Trinajstić information content (AvgIpc) is 2.12. The van der Waals surface area contributed by atoms with Crippen molar-refractivity contribution in [1.82, 2.24) is 0 Å². The van der Waals surface area contributed by atoms with Gasteiger partial charge in [0.05, 0.1) is 16.0 Å². The second-order valence-corrected chi connectivity index (χ2v) is 3.95. The third-order valence-corrected chi connectivity index (χ3v) is 2.12. The van der Waals surface area contributed by atoms with Crippen molar-refractivity contribution in [2.24, 2.45) is 0 Å². The molecule has 0 saturated heterocycles. The van der Waals surface area contributed by atoms with Crippen molar-refractivity contribution in [2.75, 3.05) is 5.32 Å². The molecule has 0 aliphatic carbocycles. The molecule has 0 spiro atoms. The molecule has 0 bridgehead atoms. The molecular formula is C9H9ClFNOS. The van der Waals surface area contributed by atoms with Crippen LogP contribution in [0.25, 0.3) is 0 Å². The first-order valence-electron chi connectivity index (χ1n) is 3.95. The van der Waals surface area contributed by atoms with Crippen LogP contribution >= 0.6 is 24.2 Å². The summed E-state index contributed by atoms with van der Waals surface area (Å²) in [5.41, 5.74) is 0.0726. The Kier molecular flexibility index (Phi) is 3.77. The number of hydrogen-bond acceptors (Lipinski definition) is 2. The minimum absolute atomic E-state index is 0.0189. The number of thiol groups is 1. The number of anilines is 1. The van der Waals surface area contributed by atoms with Gasteiger partial charge in [-0.3, -0.25) is 4.79 Å². The average molecular weight is 234 g/mol. The van der Waals surface area contributed by atoms with Gasteiger partial charge in [0.2, 0.25) is 5.91 Å². The molecule has 1 rings (SSSR count). The molecule has 1 amide bonds. The van der Waals surface area contributed by atoms with Crippen molar-refractivity contribution in [3.8, 4) is 0 Å². The van der Waals surface area contributed by atoms with Crippen LogP contribution in [0.4, 0.5) is 10.1 Å². The van der Waals surface area contributed by atoms with Crippen LogP contribution in [0.15, 0.2) is 18.2 Å². The molecule has 0 aromatic heterocycles. The highest BCUT2D eigenvalue weighted by atomic mass is 35.5. The molecule has 14 heavy (non-hydrogen) atoms. The van der Waals surface area contributed by atoms with Crippen LogP contribution in [0.2, 0.25) is 5.02 Å². The van der Waals surface area contributed by atoms with Crippen LogP contribution in [0, 0.1) is 5.82 Å². The molecule has 5 heteroatoms. The van der Waals surface area contributed by atoms with Crippen molar-refractivity contribution >= 4 is 35.8 Å². The Morgan fingerprint density at radius 3 is 2.86 bits per heavy atom. The lowest BCUT2D eigenvalue weighted by atomic mass is 10.3. The summed E-state index contributed by atoms with van der Waals surface area (Å²) in [5, 5.41) is 1.86. The van der Waals surface area contributed by atoms with Gasteiger partial charge >= 0.3 is 0 Å². The standard InChI is InChI=1S/C9H9ClFNOS/c1-5(14)9(13)12-7-4-2-3-6(10)8(7)11/h2-5,14H,1H3,(H,12,13). The zero-order chi connectivity index (χ0) is 10.7. The van der Waals surface area contributed by atoms with Crippen LogP contribution in [0.1, 0.15) is 6.92 Å². The van der Waals surface area contributed by atoms with Crippen LogP contribution in [0.5, 0.6) is 0 Å². The monoisotopic (exact) mass is 233 g/mol. The topological polar surface area (TPSA) is 29.1 Å². The number of amides is 1. The van der Waals surface area contributed by atoms with Gasteiger partial charge in [0.25, 0.3) is 0 Å². The minimum Gasteiger partial charge on any atom is -0.323 e. The summed E-state index contributed by atoms with van der Waals surface area (Å²) in [5.74, 6) is -0.994. The van der Waals surface area contributed by atoms with Crippen LogP contribution in [-0.4, -0.2) is 11.2 Å². The van der Waals surface area contributed by atoms with E-state index in [0.29, 0.717) is 0 Å². The fourth-order valence-corrected chi connectivity index (χ4v) is 1.08. The van der Waals surface area contributed by atoms with Crippen molar-refractivity contribution in [3.63, 3.8) is 0 Å². The van der Waals surface area contributed by atoms with Crippen molar-refractivity contribution in [2.45, 2.75) is 12.2 Å². The number of benzene rings is 1. The smallest absolute Gasteiger partial charge is 0.237 e. The van der Waals surface area contributed by atoms with E-state index < -0.39 is 11.1 Å². The Hall–Kier alpha value is -0.740. The van der Waals surface area contributed by atoms with Crippen LogP contribution < -0.4 is 5.32 Å². The van der Waals surface area contributed by atoms with E-state index in [4.69, 9.17) is 11.6 Å². The summed E-state index contributed by atoms with van der Waals surface area (Å²) in [6.45, 7) is 1.60. The number of nitrogens with one attached hydrogen (secondary N) is 1. The zero-order valence-electron chi connectivity index (χ0n) is 7.42. The lowest BCUT2D eigenvalue weighted by Gasteiger charge is -2.08. The second-order valence-electron chi connectivity index (χ2n) is 2.77. The Morgan fingerprint density at radius 2 is 2.29 bits per heavy atom. The van der Waals surface area contributed by atoms with E-state index in [1.165, 1.54) is 12.1 Å². The molecule has 1 atom stereocenters. The van der Waals surface area contributed by atoms with Gasteiger partial charge in [-0.05, 0) is 19.1 Å². The van der Waals surface area contributed by atoms with E-state index >= 15 is 0 Å². The highest BCUT2D eigenvalue weighted by Crippen LogP contribution is 2.22. The predicted molar refractivity (Wildman–Crippen MR) is 58.5 cm³/mol. The van der Waals surface area contributed by atoms with Gasteiger partial charge in [-0.1, -0.05) is 17.7 Å². The summed E-state index contributed by atoms with van der Waals surface area (Å²) in [6.07, 6.45) is 0. The molecule has 0 fully saturated rings. The number of rotatable bonds is 2. The number of hydrogen-bond donors (Lipinski definition) is 2. The molecule has 0 aliphatic heterocycles. The van der Waals surface area contributed by atoms with Crippen molar-refractivity contribution < 1.29 is 9.18 Å². The molecule has 0 aliphatic rings. The molecule has 1 N–H and O–H groups in total. The SMILES string of the molecule is CC(S)C(=O)Nc1cccc(Cl)c1F. The Bertz CT molecular complexity index is 357. The number of halogens is 2. The molecule has 1 aromatic rings. The first-order valence-corrected chi connectivity index (χ1v) is 4.84. The first-order chi connectivity index (χ1) is 6.52. The van der Waals surface area contributed by atoms with Gasteiger partial charge in [-0.15, -0.1) is 0 Å². The summed E-state index contributed by atoms with van der Waals surface area (Å²) in [7, 11) is 0. The highest BCUT2D eigenvalue weighted by Gasteiger charge is 2.12. The first kappa shape index (κ1) is 11.3. The lowest BCUT2D eigenvalue weighted by molar-refractivity contribution is -0.115. The van der Waals surface area contributed by atoms with Gasteiger partial charge in [0, 0.05) is 0 Å². The summed E-state index contributed by atoms with van der Waals surface area (Å²) < 4.78 is 13.3. The van der Waals surface area contributed by atoms with Gasteiger partial charge in [-0.2, -0.15) is 12.6 Å². The fourth-order valence-electron chi connectivity index (χ4n) is 0.838. The quantitative estimate of drug-likeness (QED) is 0.756. The summed E-state index contributed by atoms with van der Waals surface area (Å²) in [6, 6.07) is 4.41. The van der Waals surface area contributed by atoms with Gasteiger partial charge < -0.3 is 5.32 Å². The Labute approximate surface area is 91.9 Å². The third-order valence-electron chi connectivity index (χ3n) is 1.59. The van der Waals surface area contributed by atoms with E-state index in [1.807, 2.05) is 0 Å². The Morgan fingerprint density at radius 1 is 1.64 bits per heavy atom. The van der Waals surface area contributed by atoms with Gasteiger partial charge in [0.1, 0.15) is 0 Å². The molecule has 0 heterocycles. The molecule has 1 unspecified atom stereocenters. The maximum Gasteiger partial charge on any atom is 0.237 e. The Balaban J connectivity index is 2.87. The zero-order valence-corrected chi connectivity index (χ0v) is 9.07. The molecule has 0 radical (unpaired) electrons. The largest absolute Gasteiger partial charge is 0.323 e. The fraction of sp³-hybridized carbons (Fsp3) is 0.222. The molecule has 2 nitrogen and oxygen atoms in total. The van der Waals surface area contributed by atoms with Crippen LogP contribution in [-0.2, 0) is 4.79 Å². The molecule has 76 valence electrons. The highest BCUT2D eigenvalue weighted by molar-refractivity contribution is 7.81. The minimum atomic E-state index is -0.628. The van der Waals surface area contributed by atoms with Gasteiger partial charge in [-0.25, -0.2) is 4.39 Å². The van der Waals surface area contributed by atoms with E-state index in [-0.39, 0.29) is 16.6 Å². The third kappa shape index (κ3) is 2.62. The van der Waals surface area contributed by atoms with E-state index in [9.17, 15) is 9.18 Å². The normalized spacial score (nSPS) is 12.3. The van der Waals surface area contributed by atoms with Gasteiger partial charge in [0.15, 0.2) is 5.82 Å². The van der Waals surface area contributed by atoms with E-state index in [0.717, 1.165) is 0 Å². The molecular weight excluding hydrogens is 225 g/mol. The predicted octanol–water partition coefficient (Wildman–Crippen LogP) is 2.74.